The van der Waals surface area contributed by atoms with E-state index in [4.69, 9.17) is 4.74 Å². The van der Waals surface area contributed by atoms with Crippen LogP contribution in [-0.4, -0.2) is 17.9 Å². The van der Waals surface area contributed by atoms with Gasteiger partial charge in [0.15, 0.2) is 11.5 Å². The van der Waals surface area contributed by atoms with Crippen molar-refractivity contribution in [3.63, 3.8) is 0 Å². The predicted octanol–water partition coefficient (Wildman–Crippen LogP) is 5.32. The zero-order valence-corrected chi connectivity index (χ0v) is 18.5. The van der Waals surface area contributed by atoms with Crippen molar-refractivity contribution in [2.45, 2.75) is 32.9 Å². The molecule has 3 aromatic carbocycles. The highest BCUT2D eigenvalue weighted by Gasteiger charge is 2.30. The quantitative estimate of drug-likeness (QED) is 0.524. The third-order valence-corrected chi connectivity index (χ3v) is 5.58. The van der Waals surface area contributed by atoms with Gasteiger partial charge in [0.25, 0.3) is 11.8 Å². The Morgan fingerprint density at radius 2 is 1.76 bits per heavy atom. The fraction of sp³-hybridized carbons (Fsp3) is 0.185. The van der Waals surface area contributed by atoms with Gasteiger partial charge in [-0.2, -0.15) is 0 Å². The monoisotopic (exact) mass is 444 g/mol. The van der Waals surface area contributed by atoms with Crippen LogP contribution in [0.2, 0.25) is 0 Å². The molecule has 0 saturated carbocycles. The number of benzene rings is 3. The summed E-state index contributed by atoms with van der Waals surface area (Å²) in [5.74, 6) is -0.230. The first-order chi connectivity index (χ1) is 16.0. The number of carbonyl (C=O) groups is 2. The number of hydrogen-bond acceptors (Lipinski definition) is 3. The second-order valence-corrected chi connectivity index (χ2v) is 7.97. The van der Waals surface area contributed by atoms with Gasteiger partial charge < -0.3 is 10.1 Å². The second kappa shape index (κ2) is 9.69. The fourth-order valence-electron chi connectivity index (χ4n) is 3.51. The van der Waals surface area contributed by atoms with Crippen molar-refractivity contribution in [3.8, 4) is 5.75 Å². The van der Waals surface area contributed by atoms with E-state index in [0.29, 0.717) is 28.1 Å². The number of nitrogens with one attached hydrogen (secondary N) is 1. The molecule has 168 valence electrons. The predicted molar refractivity (Wildman–Crippen MR) is 126 cm³/mol. The number of halogens is 1. The number of hydrogen-bond donors (Lipinski definition) is 1. The number of ether oxygens (including phenoxy) is 1. The number of para-hydroxylation sites is 2. The normalized spacial score (nSPS) is 15.1. The van der Waals surface area contributed by atoms with Gasteiger partial charge in [-0.05, 0) is 55.3 Å². The summed E-state index contributed by atoms with van der Waals surface area (Å²) >= 11 is 0. The molecule has 1 heterocycles. The number of carbonyl (C=O) groups excluding carboxylic acids is 2. The SMILES string of the molecule is CC[C@H](C)NC(=O)c1ccc(/C=C2\Oc3ccccc3N(Cc3ccccc3F)C2=O)cc1. The standard InChI is InChI=1S/C27H25FN2O3/c1-3-18(2)29-26(31)20-14-12-19(13-15-20)16-25-27(32)30(17-21-8-4-5-9-22(21)28)23-10-6-7-11-24(23)33-25/h4-16,18H,3,17H2,1-2H3,(H,29,31)/b25-16-/t18-/m0/s1. The lowest BCUT2D eigenvalue weighted by atomic mass is 10.1. The van der Waals surface area contributed by atoms with Gasteiger partial charge in [0.2, 0.25) is 0 Å². The molecule has 0 unspecified atom stereocenters. The smallest absolute Gasteiger partial charge is 0.294 e. The molecule has 0 aliphatic carbocycles. The van der Waals surface area contributed by atoms with E-state index in [2.05, 4.69) is 5.32 Å². The molecule has 6 heteroatoms. The van der Waals surface area contributed by atoms with Crippen LogP contribution in [0.25, 0.3) is 6.08 Å². The molecule has 1 atom stereocenters. The number of rotatable bonds is 6. The van der Waals surface area contributed by atoms with Gasteiger partial charge in [0, 0.05) is 17.2 Å². The topological polar surface area (TPSA) is 58.6 Å². The lowest BCUT2D eigenvalue weighted by Gasteiger charge is -2.30. The molecule has 1 aliphatic rings. The average Bonchev–Trinajstić information content (AvgIpc) is 2.83. The van der Waals surface area contributed by atoms with Crippen molar-refractivity contribution in [1.82, 2.24) is 5.32 Å². The maximum Gasteiger partial charge on any atom is 0.294 e. The Kier molecular flexibility index (Phi) is 6.54. The Morgan fingerprint density at radius 3 is 2.48 bits per heavy atom. The minimum Gasteiger partial charge on any atom is -0.449 e. The molecule has 1 aliphatic heterocycles. The Hall–Kier alpha value is -3.93. The fourth-order valence-corrected chi connectivity index (χ4v) is 3.51. The first-order valence-electron chi connectivity index (χ1n) is 10.9. The van der Waals surface area contributed by atoms with Crippen LogP contribution < -0.4 is 15.0 Å². The molecule has 0 fully saturated rings. The molecule has 4 rings (SSSR count). The number of fused-ring (bicyclic) bond motifs is 1. The molecule has 0 aromatic heterocycles. The molecule has 0 saturated heterocycles. The van der Waals surface area contributed by atoms with Gasteiger partial charge in [-0.1, -0.05) is 49.4 Å². The zero-order chi connectivity index (χ0) is 23.4. The van der Waals surface area contributed by atoms with Crippen LogP contribution in [-0.2, 0) is 11.3 Å². The highest BCUT2D eigenvalue weighted by molar-refractivity contribution is 6.09. The third kappa shape index (κ3) is 4.95. The van der Waals surface area contributed by atoms with Crippen LogP contribution >= 0.6 is 0 Å². The van der Waals surface area contributed by atoms with Crippen LogP contribution in [0.4, 0.5) is 10.1 Å². The van der Waals surface area contributed by atoms with E-state index in [1.54, 1.807) is 60.7 Å². The van der Waals surface area contributed by atoms with E-state index in [9.17, 15) is 14.0 Å². The first-order valence-corrected chi connectivity index (χ1v) is 10.9. The highest BCUT2D eigenvalue weighted by Crippen LogP contribution is 2.36. The summed E-state index contributed by atoms with van der Waals surface area (Å²) in [5.41, 5.74) is 2.25. The summed E-state index contributed by atoms with van der Waals surface area (Å²) in [6, 6.07) is 20.6. The number of nitrogens with zero attached hydrogens (tertiary/aromatic N) is 1. The van der Waals surface area contributed by atoms with E-state index in [0.717, 1.165) is 6.42 Å². The first kappa shape index (κ1) is 22.3. The molecular formula is C27H25FN2O3. The Balaban J connectivity index is 1.61. The van der Waals surface area contributed by atoms with Crippen LogP contribution in [0.1, 0.15) is 41.8 Å². The summed E-state index contributed by atoms with van der Waals surface area (Å²) in [7, 11) is 0. The minimum atomic E-state index is -0.369. The van der Waals surface area contributed by atoms with Gasteiger partial charge in [-0.25, -0.2) is 4.39 Å². The van der Waals surface area contributed by atoms with E-state index in [1.807, 2.05) is 26.0 Å². The maximum absolute atomic E-state index is 14.3. The molecule has 0 radical (unpaired) electrons. The number of amides is 2. The van der Waals surface area contributed by atoms with Gasteiger partial charge in [0.05, 0.1) is 12.2 Å². The maximum atomic E-state index is 14.3. The van der Waals surface area contributed by atoms with E-state index < -0.39 is 0 Å². The Bertz CT molecular complexity index is 1200. The van der Waals surface area contributed by atoms with Crippen molar-refractivity contribution < 1.29 is 18.7 Å². The summed E-state index contributed by atoms with van der Waals surface area (Å²) in [6.45, 7) is 4.04. The van der Waals surface area contributed by atoms with Crippen molar-refractivity contribution >= 4 is 23.6 Å². The molecule has 0 spiro atoms. The Labute approximate surface area is 192 Å². The molecule has 3 aromatic rings. The van der Waals surface area contributed by atoms with Crippen molar-refractivity contribution in [1.29, 1.82) is 0 Å². The van der Waals surface area contributed by atoms with Gasteiger partial charge in [-0.15, -0.1) is 0 Å². The zero-order valence-electron chi connectivity index (χ0n) is 18.5. The van der Waals surface area contributed by atoms with Crippen molar-refractivity contribution in [3.05, 3.63) is 101 Å². The average molecular weight is 445 g/mol. The highest BCUT2D eigenvalue weighted by atomic mass is 19.1. The second-order valence-electron chi connectivity index (χ2n) is 7.97. The molecule has 1 N–H and O–H groups in total. The van der Waals surface area contributed by atoms with Gasteiger partial charge in [0.1, 0.15) is 5.82 Å². The molecular weight excluding hydrogens is 419 g/mol. The molecule has 2 amide bonds. The van der Waals surface area contributed by atoms with Crippen LogP contribution in [0.5, 0.6) is 5.75 Å². The van der Waals surface area contributed by atoms with E-state index >= 15 is 0 Å². The largest absolute Gasteiger partial charge is 0.449 e. The van der Waals surface area contributed by atoms with Crippen LogP contribution in [0.15, 0.2) is 78.6 Å². The summed E-state index contributed by atoms with van der Waals surface area (Å²) < 4.78 is 20.2. The minimum absolute atomic E-state index is 0.0813. The Morgan fingerprint density at radius 1 is 1.06 bits per heavy atom. The van der Waals surface area contributed by atoms with Crippen LogP contribution in [0, 0.1) is 5.82 Å². The lowest BCUT2D eigenvalue weighted by Crippen LogP contribution is -2.37. The summed E-state index contributed by atoms with van der Waals surface area (Å²) in [6.07, 6.45) is 2.48. The van der Waals surface area contributed by atoms with Crippen molar-refractivity contribution in [2.24, 2.45) is 0 Å². The van der Waals surface area contributed by atoms with Crippen LogP contribution in [0.3, 0.4) is 0 Å². The molecule has 0 bridgehead atoms. The summed E-state index contributed by atoms with van der Waals surface area (Å²) in [5, 5.41) is 2.93. The molecule has 33 heavy (non-hydrogen) atoms. The van der Waals surface area contributed by atoms with E-state index in [-0.39, 0.29) is 36.0 Å². The summed E-state index contributed by atoms with van der Waals surface area (Å²) in [4.78, 5) is 27.1. The van der Waals surface area contributed by atoms with Gasteiger partial charge in [-0.3, -0.25) is 14.5 Å². The molecule has 5 nitrogen and oxygen atoms in total. The van der Waals surface area contributed by atoms with Crippen molar-refractivity contribution in [2.75, 3.05) is 4.90 Å². The lowest BCUT2D eigenvalue weighted by molar-refractivity contribution is -0.117. The number of anilines is 1. The van der Waals surface area contributed by atoms with Gasteiger partial charge >= 0.3 is 0 Å². The third-order valence-electron chi connectivity index (χ3n) is 5.58. The van der Waals surface area contributed by atoms with E-state index in [1.165, 1.54) is 11.0 Å².